The third-order valence-corrected chi connectivity index (χ3v) is 2.82. The van der Waals surface area contributed by atoms with Crippen LogP contribution in [-0.2, 0) is 6.54 Å². The molecule has 1 amide bonds. The molecule has 0 bridgehead atoms. The van der Waals surface area contributed by atoms with Crippen LogP contribution in [0.2, 0.25) is 5.02 Å². The summed E-state index contributed by atoms with van der Waals surface area (Å²) in [5.74, 6) is -0.810. The van der Waals surface area contributed by atoms with Crippen LogP contribution in [0, 0.1) is 5.82 Å². The Morgan fingerprint density at radius 1 is 1.42 bits per heavy atom. The normalized spacial score (nSPS) is 10.2. The Morgan fingerprint density at radius 2 is 2.21 bits per heavy atom. The summed E-state index contributed by atoms with van der Waals surface area (Å²) in [5.41, 5.74) is 6.99. The number of nitrogens with two attached hydrogens (primary N) is 1. The van der Waals surface area contributed by atoms with Crippen LogP contribution < -0.4 is 11.1 Å². The van der Waals surface area contributed by atoms with Crippen molar-refractivity contribution in [3.05, 3.63) is 58.6 Å². The number of hydrogen-bond acceptors (Lipinski definition) is 3. The highest BCUT2D eigenvalue weighted by molar-refractivity contribution is 6.30. The Kier molecular flexibility index (Phi) is 3.97. The number of hydrogen-bond donors (Lipinski definition) is 2. The first kappa shape index (κ1) is 13.3. The first-order valence-corrected chi connectivity index (χ1v) is 5.87. The van der Waals surface area contributed by atoms with Crippen molar-refractivity contribution in [3.8, 4) is 0 Å². The molecule has 0 aliphatic carbocycles. The van der Waals surface area contributed by atoms with Crippen LogP contribution in [0.15, 0.2) is 36.7 Å². The van der Waals surface area contributed by atoms with Crippen LogP contribution in [0.4, 0.5) is 10.1 Å². The Hall–Kier alpha value is -2.14. The topological polar surface area (TPSA) is 68.0 Å². The Bertz CT molecular complexity index is 619. The molecule has 6 heteroatoms. The van der Waals surface area contributed by atoms with E-state index in [9.17, 15) is 9.18 Å². The highest BCUT2D eigenvalue weighted by Crippen LogP contribution is 2.16. The number of nitrogens with one attached hydrogen (secondary N) is 1. The summed E-state index contributed by atoms with van der Waals surface area (Å²) in [6, 6.07) is 5.80. The molecule has 0 fully saturated rings. The maximum Gasteiger partial charge on any atom is 0.253 e. The minimum absolute atomic E-state index is 0.0233. The van der Waals surface area contributed by atoms with Crippen molar-refractivity contribution in [1.82, 2.24) is 10.3 Å². The molecule has 0 aliphatic rings. The van der Waals surface area contributed by atoms with Crippen LogP contribution in [0.5, 0.6) is 0 Å². The quantitative estimate of drug-likeness (QED) is 0.906. The lowest BCUT2D eigenvalue weighted by atomic mass is 10.2. The third-order valence-electron chi connectivity index (χ3n) is 2.53. The lowest BCUT2D eigenvalue weighted by Crippen LogP contribution is -2.23. The van der Waals surface area contributed by atoms with E-state index in [4.69, 9.17) is 17.3 Å². The van der Waals surface area contributed by atoms with E-state index in [1.807, 2.05) is 0 Å². The Balaban J connectivity index is 2.04. The zero-order valence-electron chi connectivity index (χ0n) is 9.86. The molecule has 2 rings (SSSR count). The third kappa shape index (κ3) is 3.20. The minimum atomic E-state index is -0.491. The van der Waals surface area contributed by atoms with Gasteiger partial charge in [-0.3, -0.25) is 9.78 Å². The fraction of sp³-hybridized carbons (Fsp3) is 0.0769. The lowest BCUT2D eigenvalue weighted by molar-refractivity contribution is 0.0951. The summed E-state index contributed by atoms with van der Waals surface area (Å²) in [4.78, 5) is 15.7. The van der Waals surface area contributed by atoms with E-state index in [0.29, 0.717) is 16.8 Å². The summed E-state index contributed by atoms with van der Waals surface area (Å²) in [6.07, 6.45) is 2.89. The summed E-state index contributed by atoms with van der Waals surface area (Å²) >= 11 is 5.66. The molecule has 19 heavy (non-hydrogen) atoms. The van der Waals surface area contributed by atoms with E-state index in [1.165, 1.54) is 30.6 Å². The van der Waals surface area contributed by atoms with Crippen molar-refractivity contribution in [3.63, 3.8) is 0 Å². The molecular formula is C13H11ClFN3O. The SMILES string of the molecule is Nc1cnccc1C(=O)NCc1ccc(F)c(Cl)c1. The van der Waals surface area contributed by atoms with Gasteiger partial charge in [-0.25, -0.2) is 4.39 Å². The van der Waals surface area contributed by atoms with E-state index in [1.54, 1.807) is 6.07 Å². The van der Waals surface area contributed by atoms with Gasteiger partial charge in [0.05, 0.1) is 22.5 Å². The Labute approximate surface area is 114 Å². The van der Waals surface area contributed by atoms with Gasteiger partial charge < -0.3 is 11.1 Å². The highest BCUT2D eigenvalue weighted by Gasteiger charge is 2.09. The van der Waals surface area contributed by atoms with E-state index in [2.05, 4.69) is 10.3 Å². The zero-order valence-corrected chi connectivity index (χ0v) is 10.6. The number of nitrogen functional groups attached to an aromatic ring is 1. The molecule has 0 spiro atoms. The number of benzene rings is 1. The van der Waals surface area contributed by atoms with E-state index in [0.717, 1.165) is 0 Å². The number of aromatic nitrogens is 1. The average Bonchev–Trinajstić information content (AvgIpc) is 2.40. The summed E-state index contributed by atoms with van der Waals surface area (Å²) in [5, 5.41) is 2.70. The molecular weight excluding hydrogens is 269 g/mol. The standard InChI is InChI=1S/C13H11ClFN3O/c14-10-5-8(1-2-11(10)15)6-18-13(19)9-3-4-17-7-12(9)16/h1-5,7H,6,16H2,(H,18,19). The molecule has 1 heterocycles. The zero-order chi connectivity index (χ0) is 13.8. The van der Waals surface area contributed by atoms with Crippen molar-refractivity contribution < 1.29 is 9.18 Å². The van der Waals surface area contributed by atoms with Crippen molar-refractivity contribution >= 4 is 23.2 Å². The fourth-order valence-electron chi connectivity index (χ4n) is 1.54. The summed E-state index contributed by atoms with van der Waals surface area (Å²) in [6.45, 7) is 0.237. The van der Waals surface area contributed by atoms with Gasteiger partial charge in [0.1, 0.15) is 5.82 Å². The molecule has 1 aromatic heterocycles. The van der Waals surface area contributed by atoms with Crippen LogP contribution in [0.1, 0.15) is 15.9 Å². The van der Waals surface area contributed by atoms with Gasteiger partial charge in [-0.05, 0) is 23.8 Å². The van der Waals surface area contributed by atoms with Gasteiger partial charge in [-0.2, -0.15) is 0 Å². The molecule has 1 aromatic carbocycles. The molecule has 0 radical (unpaired) electrons. The Morgan fingerprint density at radius 3 is 2.89 bits per heavy atom. The fourth-order valence-corrected chi connectivity index (χ4v) is 1.74. The molecule has 0 unspecified atom stereocenters. The molecule has 98 valence electrons. The van der Waals surface area contributed by atoms with Crippen molar-refractivity contribution in [2.24, 2.45) is 0 Å². The van der Waals surface area contributed by atoms with Crippen molar-refractivity contribution in [2.45, 2.75) is 6.54 Å². The first-order chi connectivity index (χ1) is 9.08. The monoisotopic (exact) mass is 279 g/mol. The number of carbonyl (C=O) groups excluding carboxylic acids is 1. The molecule has 0 aliphatic heterocycles. The summed E-state index contributed by atoms with van der Waals surface area (Å²) < 4.78 is 13.0. The number of halogens is 2. The molecule has 4 nitrogen and oxygen atoms in total. The largest absolute Gasteiger partial charge is 0.397 e. The number of rotatable bonds is 3. The maximum atomic E-state index is 13.0. The maximum absolute atomic E-state index is 13.0. The molecule has 2 aromatic rings. The van der Waals surface area contributed by atoms with Gasteiger partial charge in [0.25, 0.3) is 5.91 Å². The number of nitrogens with zero attached hydrogens (tertiary/aromatic N) is 1. The molecule has 0 atom stereocenters. The van der Waals surface area contributed by atoms with Gasteiger partial charge in [0.15, 0.2) is 0 Å². The second-order valence-electron chi connectivity index (χ2n) is 3.89. The number of carbonyl (C=O) groups is 1. The van der Waals surface area contributed by atoms with E-state index in [-0.39, 0.29) is 17.5 Å². The van der Waals surface area contributed by atoms with Crippen molar-refractivity contribution in [2.75, 3.05) is 5.73 Å². The van der Waals surface area contributed by atoms with Gasteiger partial charge in [-0.15, -0.1) is 0 Å². The van der Waals surface area contributed by atoms with Crippen LogP contribution in [-0.4, -0.2) is 10.9 Å². The smallest absolute Gasteiger partial charge is 0.253 e. The van der Waals surface area contributed by atoms with Crippen molar-refractivity contribution in [1.29, 1.82) is 0 Å². The number of anilines is 1. The first-order valence-electron chi connectivity index (χ1n) is 5.49. The van der Waals surface area contributed by atoms with Crippen LogP contribution in [0.3, 0.4) is 0 Å². The van der Waals surface area contributed by atoms with E-state index >= 15 is 0 Å². The van der Waals surface area contributed by atoms with Gasteiger partial charge in [0.2, 0.25) is 0 Å². The van der Waals surface area contributed by atoms with Crippen LogP contribution >= 0.6 is 11.6 Å². The minimum Gasteiger partial charge on any atom is -0.397 e. The second-order valence-corrected chi connectivity index (χ2v) is 4.30. The van der Waals surface area contributed by atoms with E-state index < -0.39 is 5.82 Å². The predicted octanol–water partition coefficient (Wildman–Crippen LogP) is 2.39. The summed E-state index contributed by atoms with van der Waals surface area (Å²) in [7, 11) is 0. The van der Waals surface area contributed by atoms with Gasteiger partial charge in [0, 0.05) is 12.7 Å². The van der Waals surface area contributed by atoms with Gasteiger partial charge >= 0.3 is 0 Å². The predicted molar refractivity (Wildman–Crippen MR) is 71.2 cm³/mol. The molecule has 0 saturated heterocycles. The van der Waals surface area contributed by atoms with Crippen LogP contribution in [0.25, 0.3) is 0 Å². The highest BCUT2D eigenvalue weighted by atomic mass is 35.5. The average molecular weight is 280 g/mol. The second kappa shape index (κ2) is 5.67. The molecule has 0 saturated carbocycles. The number of amides is 1. The van der Waals surface area contributed by atoms with Gasteiger partial charge in [-0.1, -0.05) is 17.7 Å². The molecule has 3 N–H and O–H groups in total. The number of pyridine rings is 1. The lowest BCUT2D eigenvalue weighted by Gasteiger charge is -2.07.